The molecule has 5 nitrogen and oxygen atoms in total. The molecule has 1 aromatic heterocycles. The maximum atomic E-state index is 12.0. The molecular weight excluding hydrogens is 302 g/mol. The smallest absolute Gasteiger partial charge is 0.240 e. The first-order chi connectivity index (χ1) is 9.38. The van der Waals surface area contributed by atoms with Gasteiger partial charge in [-0.25, -0.2) is 13.1 Å². The monoisotopic (exact) mass is 315 g/mol. The summed E-state index contributed by atoms with van der Waals surface area (Å²) in [7, 11) is -3.72. The van der Waals surface area contributed by atoms with Gasteiger partial charge >= 0.3 is 0 Å². The molecule has 0 bridgehead atoms. The summed E-state index contributed by atoms with van der Waals surface area (Å²) in [5.74, 6) is 0.966. The maximum Gasteiger partial charge on any atom is 0.240 e. The maximum absolute atomic E-state index is 12.0. The Labute approximate surface area is 122 Å². The molecule has 0 spiro atoms. The molecule has 108 valence electrons. The van der Waals surface area contributed by atoms with Crippen LogP contribution >= 0.6 is 11.6 Å². The summed E-state index contributed by atoms with van der Waals surface area (Å²) in [6.07, 6.45) is -1.04. The lowest BCUT2D eigenvalue weighted by molar-refractivity contribution is 0.152. The third kappa shape index (κ3) is 3.61. The predicted molar refractivity (Wildman–Crippen MR) is 75.0 cm³/mol. The Morgan fingerprint density at radius 1 is 1.35 bits per heavy atom. The van der Waals surface area contributed by atoms with Crippen molar-refractivity contribution in [2.24, 2.45) is 0 Å². The zero-order chi connectivity index (χ0) is 14.8. The van der Waals surface area contributed by atoms with Crippen LogP contribution in [0.3, 0.4) is 0 Å². The number of hydrogen-bond donors (Lipinski definition) is 2. The van der Waals surface area contributed by atoms with Gasteiger partial charge in [-0.1, -0.05) is 17.7 Å². The average molecular weight is 316 g/mol. The normalized spacial score (nSPS) is 13.3. The van der Waals surface area contributed by atoms with E-state index in [9.17, 15) is 13.5 Å². The lowest BCUT2D eigenvalue weighted by Crippen LogP contribution is -2.28. The third-order valence-electron chi connectivity index (χ3n) is 2.66. The number of halogens is 1. The zero-order valence-corrected chi connectivity index (χ0v) is 12.3. The Kier molecular flexibility index (Phi) is 4.49. The second-order valence-corrected chi connectivity index (χ2v) is 6.48. The van der Waals surface area contributed by atoms with Crippen molar-refractivity contribution < 1.29 is 17.9 Å². The van der Waals surface area contributed by atoms with Crippen molar-refractivity contribution in [3.63, 3.8) is 0 Å². The molecule has 0 fully saturated rings. The summed E-state index contributed by atoms with van der Waals surface area (Å²) >= 11 is 5.76. The first kappa shape index (κ1) is 15.1. The van der Waals surface area contributed by atoms with E-state index in [1.807, 2.05) is 0 Å². The SMILES string of the molecule is Cc1ccc(C(O)CNS(=O)(=O)c2cccc(Cl)c2)o1. The van der Waals surface area contributed by atoms with Crippen molar-refractivity contribution in [1.82, 2.24) is 4.72 Å². The van der Waals surface area contributed by atoms with Crippen LogP contribution in [-0.4, -0.2) is 20.1 Å². The van der Waals surface area contributed by atoms with Gasteiger partial charge in [-0.3, -0.25) is 0 Å². The van der Waals surface area contributed by atoms with Gasteiger partial charge in [0.05, 0.1) is 4.90 Å². The van der Waals surface area contributed by atoms with Gasteiger partial charge in [0.25, 0.3) is 0 Å². The minimum atomic E-state index is -3.72. The van der Waals surface area contributed by atoms with Crippen molar-refractivity contribution >= 4 is 21.6 Å². The highest BCUT2D eigenvalue weighted by Crippen LogP contribution is 2.18. The molecule has 20 heavy (non-hydrogen) atoms. The molecule has 0 aliphatic carbocycles. The molecule has 1 unspecified atom stereocenters. The first-order valence-corrected chi connectivity index (χ1v) is 7.74. The topological polar surface area (TPSA) is 79.5 Å². The standard InChI is InChI=1S/C13H14ClNO4S/c1-9-5-6-13(19-9)12(16)8-15-20(17,18)11-4-2-3-10(14)7-11/h2-7,12,15-16H,8H2,1H3. The summed E-state index contributed by atoms with van der Waals surface area (Å²) in [5, 5.41) is 10.2. The number of sulfonamides is 1. The van der Waals surface area contributed by atoms with Crippen molar-refractivity contribution in [1.29, 1.82) is 0 Å². The highest BCUT2D eigenvalue weighted by molar-refractivity contribution is 7.89. The molecule has 1 aromatic carbocycles. The number of aliphatic hydroxyl groups is 1. The van der Waals surface area contributed by atoms with Crippen molar-refractivity contribution in [2.75, 3.05) is 6.54 Å². The summed E-state index contributed by atoms with van der Waals surface area (Å²) in [5.41, 5.74) is 0. The molecule has 0 radical (unpaired) electrons. The molecule has 1 atom stereocenters. The fraction of sp³-hybridized carbons (Fsp3) is 0.231. The number of benzene rings is 1. The molecule has 2 N–H and O–H groups in total. The second-order valence-electron chi connectivity index (χ2n) is 4.27. The van der Waals surface area contributed by atoms with Crippen LogP contribution < -0.4 is 4.72 Å². The van der Waals surface area contributed by atoms with Crippen LogP contribution in [0.5, 0.6) is 0 Å². The summed E-state index contributed by atoms with van der Waals surface area (Å²) in [6.45, 7) is 1.56. The Hall–Kier alpha value is -1.34. The van der Waals surface area contributed by atoms with Crippen LogP contribution in [0.25, 0.3) is 0 Å². The van der Waals surface area contributed by atoms with Gasteiger partial charge in [-0.15, -0.1) is 0 Å². The summed E-state index contributed by atoms with van der Waals surface area (Å²) in [4.78, 5) is 0.0489. The van der Waals surface area contributed by atoms with E-state index in [2.05, 4.69) is 4.72 Å². The zero-order valence-electron chi connectivity index (χ0n) is 10.7. The molecule has 0 aliphatic heterocycles. The lowest BCUT2D eigenvalue weighted by Gasteiger charge is -2.10. The molecular formula is C13H14ClNO4S. The predicted octanol–water partition coefficient (Wildman–Crippen LogP) is 2.25. The molecule has 0 saturated carbocycles. The second kappa shape index (κ2) is 5.97. The van der Waals surface area contributed by atoms with Crippen LogP contribution in [0, 0.1) is 6.92 Å². The van der Waals surface area contributed by atoms with E-state index in [0.29, 0.717) is 16.5 Å². The molecule has 0 aliphatic rings. The van der Waals surface area contributed by atoms with Gasteiger partial charge in [0.2, 0.25) is 10.0 Å². The van der Waals surface area contributed by atoms with Gasteiger partial charge in [0, 0.05) is 11.6 Å². The Morgan fingerprint density at radius 3 is 2.70 bits per heavy atom. The molecule has 0 saturated heterocycles. The number of hydrogen-bond acceptors (Lipinski definition) is 4. The van der Waals surface area contributed by atoms with Crippen LogP contribution in [0.4, 0.5) is 0 Å². The largest absolute Gasteiger partial charge is 0.464 e. The first-order valence-electron chi connectivity index (χ1n) is 5.88. The molecule has 1 heterocycles. The van der Waals surface area contributed by atoms with Crippen LogP contribution in [-0.2, 0) is 10.0 Å². The van der Waals surface area contributed by atoms with Gasteiger partial charge in [-0.2, -0.15) is 0 Å². The van der Waals surface area contributed by atoms with Crippen molar-refractivity contribution in [3.8, 4) is 0 Å². The Morgan fingerprint density at radius 2 is 2.10 bits per heavy atom. The minimum Gasteiger partial charge on any atom is -0.464 e. The van der Waals surface area contributed by atoms with E-state index in [4.69, 9.17) is 16.0 Å². The number of aliphatic hydroxyl groups excluding tert-OH is 1. The van der Waals surface area contributed by atoms with E-state index in [1.165, 1.54) is 12.1 Å². The van der Waals surface area contributed by atoms with Gasteiger partial charge in [0.1, 0.15) is 17.6 Å². The highest BCUT2D eigenvalue weighted by Gasteiger charge is 2.18. The molecule has 0 amide bonds. The summed E-state index contributed by atoms with van der Waals surface area (Å²) < 4.78 is 31.6. The quantitative estimate of drug-likeness (QED) is 0.887. The van der Waals surface area contributed by atoms with E-state index < -0.39 is 16.1 Å². The fourth-order valence-electron chi connectivity index (χ4n) is 1.64. The molecule has 7 heteroatoms. The number of aryl methyl sites for hydroxylation is 1. The van der Waals surface area contributed by atoms with E-state index in [-0.39, 0.29) is 11.4 Å². The Balaban J connectivity index is 2.06. The lowest BCUT2D eigenvalue weighted by atomic mass is 10.3. The van der Waals surface area contributed by atoms with Crippen LogP contribution in [0.1, 0.15) is 17.6 Å². The highest BCUT2D eigenvalue weighted by atomic mass is 35.5. The number of rotatable bonds is 5. The summed E-state index contributed by atoms with van der Waals surface area (Å²) in [6, 6.07) is 9.20. The van der Waals surface area contributed by atoms with Gasteiger partial charge in [0.15, 0.2) is 0 Å². The minimum absolute atomic E-state index is 0.0489. The number of nitrogens with one attached hydrogen (secondary N) is 1. The van der Waals surface area contributed by atoms with Crippen molar-refractivity contribution in [2.45, 2.75) is 17.9 Å². The van der Waals surface area contributed by atoms with E-state index in [0.717, 1.165) is 0 Å². The van der Waals surface area contributed by atoms with Gasteiger partial charge < -0.3 is 9.52 Å². The third-order valence-corrected chi connectivity index (χ3v) is 4.32. The Bertz CT molecular complexity index is 696. The average Bonchev–Trinajstić information content (AvgIpc) is 2.83. The fourth-order valence-corrected chi connectivity index (χ4v) is 2.98. The van der Waals surface area contributed by atoms with Crippen LogP contribution in [0.2, 0.25) is 5.02 Å². The van der Waals surface area contributed by atoms with E-state index in [1.54, 1.807) is 31.2 Å². The van der Waals surface area contributed by atoms with Gasteiger partial charge in [-0.05, 0) is 37.3 Å². The molecule has 2 aromatic rings. The van der Waals surface area contributed by atoms with E-state index >= 15 is 0 Å². The molecule has 2 rings (SSSR count). The van der Waals surface area contributed by atoms with Crippen molar-refractivity contribution in [3.05, 3.63) is 52.9 Å². The number of furan rings is 1. The van der Waals surface area contributed by atoms with Crippen LogP contribution in [0.15, 0.2) is 45.7 Å².